The molecule has 0 spiro atoms. The lowest BCUT2D eigenvalue weighted by Crippen LogP contribution is -2.44. The Balaban J connectivity index is 2.03. The molecule has 2 N–H and O–H groups in total. The minimum absolute atomic E-state index is 0.0212. The van der Waals surface area contributed by atoms with E-state index < -0.39 is 15.9 Å². The van der Waals surface area contributed by atoms with Crippen LogP contribution in [-0.2, 0) is 19.6 Å². The van der Waals surface area contributed by atoms with Crippen LogP contribution in [0.4, 0.5) is 5.69 Å². The predicted molar refractivity (Wildman–Crippen MR) is 108 cm³/mol. The highest BCUT2D eigenvalue weighted by Crippen LogP contribution is 2.22. The Bertz CT molecular complexity index is 782. The molecule has 8 nitrogen and oxygen atoms in total. The lowest BCUT2D eigenvalue weighted by atomic mass is 9.98. The molecular weight excluding hydrogens is 382 g/mol. The molecule has 1 aliphatic heterocycles. The Labute approximate surface area is 166 Å². The summed E-state index contributed by atoms with van der Waals surface area (Å²) in [6.07, 6.45) is 1.95. The van der Waals surface area contributed by atoms with E-state index in [1.54, 1.807) is 38.3 Å². The number of amides is 2. The number of rotatable bonds is 9. The molecule has 0 saturated carbocycles. The van der Waals surface area contributed by atoms with Gasteiger partial charge in [0, 0.05) is 33.4 Å². The highest BCUT2D eigenvalue weighted by atomic mass is 32.2. The Morgan fingerprint density at radius 2 is 2.04 bits per heavy atom. The smallest absolute Gasteiger partial charge is 0.253 e. The van der Waals surface area contributed by atoms with Crippen molar-refractivity contribution in [3.8, 4) is 0 Å². The number of hydrogen-bond donors (Lipinski definition) is 2. The van der Waals surface area contributed by atoms with Crippen molar-refractivity contribution in [3.63, 3.8) is 0 Å². The second kappa shape index (κ2) is 10.5. The predicted octanol–water partition coefficient (Wildman–Crippen LogP) is 1.45. The summed E-state index contributed by atoms with van der Waals surface area (Å²) in [4.78, 5) is 25.1. The molecule has 0 aromatic heterocycles. The average molecular weight is 412 g/mol. The van der Waals surface area contributed by atoms with Gasteiger partial charge in [0.05, 0.1) is 22.9 Å². The summed E-state index contributed by atoms with van der Waals surface area (Å²) >= 11 is 0. The summed E-state index contributed by atoms with van der Waals surface area (Å²) in [7, 11) is -1.72. The Morgan fingerprint density at radius 3 is 2.75 bits per heavy atom. The van der Waals surface area contributed by atoms with Crippen molar-refractivity contribution in [2.24, 2.45) is 5.92 Å². The summed E-state index contributed by atoms with van der Waals surface area (Å²) < 4.78 is 30.5. The van der Waals surface area contributed by atoms with Crippen LogP contribution in [0.15, 0.2) is 24.3 Å². The number of sulfonamides is 1. The normalized spacial score (nSPS) is 17.9. The number of nitrogens with one attached hydrogen (secondary N) is 2. The monoisotopic (exact) mass is 411 g/mol. The van der Waals surface area contributed by atoms with Gasteiger partial charge in [-0.25, -0.2) is 12.7 Å². The van der Waals surface area contributed by atoms with E-state index in [0.29, 0.717) is 50.2 Å². The molecule has 0 radical (unpaired) electrons. The van der Waals surface area contributed by atoms with E-state index >= 15 is 0 Å². The quantitative estimate of drug-likeness (QED) is 0.599. The lowest BCUT2D eigenvalue weighted by molar-refractivity contribution is -0.120. The maximum Gasteiger partial charge on any atom is 0.253 e. The zero-order chi connectivity index (χ0) is 20.6. The summed E-state index contributed by atoms with van der Waals surface area (Å²) in [6, 6.07) is 6.79. The zero-order valence-corrected chi connectivity index (χ0v) is 17.3. The van der Waals surface area contributed by atoms with Gasteiger partial charge in [-0.05, 0) is 38.3 Å². The van der Waals surface area contributed by atoms with Crippen molar-refractivity contribution >= 4 is 27.5 Å². The van der Waals surface area contributed by atoms with E-state index in [0.717, 1.165) is 0 Å². The number of hydrogen-bond acceptors (Lipinski definition) is 5. The van der Waals surface area contributed by atoms with Gasteiger partial charge in [-0.1, -0.05) is 12.1 Å². The van der Waals surface area contributed by atoms with Gasteiger partial charge in [0.15, 0.2) is 0 Å². The number of benzene rings is 1. The Kier molecular flexibility index (Phi) is 8.40. The summed E-state index contributed by atoms with van der Waals surface area (Å²) in [5, 5.41) is 5.61. The number of anilines is 1. The summed E-state index contributed by atoms with van der Waals surface area (Å²) in [5.41, 5.74) is 0.800. The van der Waals surface area contributed by atoms with E-state index in [9.17, 15) is 18.0 Å². The number of methoxy groups -OCH3 is 1. The highest BCUT2D eigenvalue weighted by Gasteiger charge is 2.31. The molecule has 1 aromatic rings. The Hall–Kier alpha value is -1.97. The summed E-state index contributed by atoms with van der Waals surface area (Å²) in [6.45, 7) is 3.24. The first kappa shape index (κ1) is 22.3. The van der Waals surface area contributed by atoms with E-state index in [1.807, 2.05) is 0 Å². The van der Waals surface area contributed by atoms with Crippen LogP contribution in [0.3, 0.4) is 0 Å². The first-order valence-corrected chi connectivity index (χ1v) is 11.1. The Morgan fingerprint density at radius 1 is 1.29 bits per heavy atom. The zero-order valence-electron chi connectivity index (χ0n) is 16.4. The fourth-order valence-electron chi connectivity index (χ4n) is 3.13. The molecule has 1 aromatic carbocycles. The van der Waals surface area contributed by atoms with Gasteiger partial charge in [-0.15, -0.1) is 0 Å². The largest absolute Gasteiger partial charge is 0.385 e. The number of piperidine rings is 1. The van der Waals surface area contributed by atoms with Crippen molar-refractivity contribution in [3.05, 3.63) is 29.8 Å². The van der Waals surface area contributed by atoms with Crippen LogP contribution in [0.2, 0.25) is 0 Å². The lowest BCUT2D eigenvalue weighted by Gasteiger charge is -2.31. The van der Waals surface area contributed by atoms with Crippen molar-refractivity contribution in [1.29, 1.82) is 0 Å². The number of ether oxygens (including phenoxy) is 1. The molecule has 2 amide bonds. The third kappa shape index (κ3) is 6.02. The maximum atomic E-state index is 12.7. The van der Waals surface area contributed by atoms with Crippen LogP contribution in [-0.4, -0.2) is 63.6 Å². The third-order valence-corrected chi connectivity index (χ3v) is 6.60. The van der Waals surface area contributed by atoms with Gasteiger partial charge >= 0.3 is 0 Å². The van der Waals surface area contributed by atoms with Crippen LogP contribution in [0.25, 0.3) is 0 Å². The molecule has 0 bridgehead atoms. The first-order valence-electron chi connectivity index (χ1n) is 9.54. The molecule has 1 unspecified atom stereocenters. The SMILES string of the molecule is CCS(=O)(=O)N1CCCC(C(=O)Nc2ccccc2C(=O)NCCCOC)C1. The average Bonchev–Trinajstić information content (AvgIpc) is 2.71. The molecule has 2 rings (SSSR count). The van der Waals surface area contributed by atoms with E-state index in [2.05, 4.69) is 10.6 Å². The molecule has 0 aliphatic carbocycles. The second-order valence-electron chi connectivity index (χ2n) is 6.73. The molecule has 28 heavy (non-hydrogen) atoms. The topological polar surface area (TPSA) is 105 Å². The van der Waals surface area contributed by atoms with Crippen molar-refractivity contribution in [2.75, 3.05) is 44.4 Å². The molecule has 1 fully saturated rings. The molecule has 9 heteroatoms. The van der Waals surface area contributed by atoms with Crippen molar-refractivity contribution in [1.82, 2.24) is 9.62 Å². The molecule has 1 saturated heterocycles. The highest BCUT2D eigenvalue weighted by molar-refractivity contribution is 7.89. The molecule has 156 valence electrons. The molecule has 1 atom stereocenters. The second-order valence-corrected chi connectivity index (χ2v) is 8.99. The first-order chi connectivity index (χ1) is 13.4. The molecule has 1 heterocycles. The minimum Gasteiger partial charge on any atom is -0.385 e. The van der Waals surface area contributed by atoms with Crippen LogP contribution in [0.5, 0.6) is 0 Å². The van der Waals surface area contributed by atoms with Gasteiger partial charge < -0.3 is 15.4 Å². The van der Waals surface area contributed by atoms with Gasteiger partial charge in [0.25, 0.3) is 5.91 Å². The van der Waals surface area contributed by atoms with Crippen LogP contribution >= 0.6 is 0 Å². The fourth-order valence-corrected chi connectivity index (χ4v) is 4.31. The number of para-hydroxylation sites is 1. The van der Waals surface area contributed by atoms with Gasteiger partial charge in [-0.3, -0.25) is 9.59 Å². The van der Waals surface area contributed by atoms with E-state index in [4.69, 9.17) is 4.74 Å². The van der Waals surface area contributed by atoms with Crippen LogP contribution in [0, 0.1) is 5.92 Å². The molecular formula is C19H29N3O5S. The van der Waals surface area contributed by atoms with Crippen LogP contribution in [0.1, 0.15) is 36.5 Å². The van der Waals surface area contributed by atoms with Crippen molar-refractivity contribution < 1.29 is 22.7 Å². The van der Waals surface area contributed by atoms with Crippen molar-refractivity contribution in [2.45, 2.75) is 26.2 Å². The van der Waals surface area contributed by atoms with Crippen LogP contribution < -0.4 is 10.6 Å². The summed E-state index contributed by atoms with van der Waals surface area (Å²) in [5.74, 6) is -0.956. The van der Waals surface area contributed by atoms with E-state index in [-0.39, 0.29) is 24.1 Å². The number of carbonyl (C=O) groups excluding carboxylic acids is 2. The molecule has 1 aliphatic rings. The van der Waals surface area contributed by atoms with Gasteiger partial charge in [0.2, 0.25) is 15.9 Å². The fraction of sp³-hybridized carbons (Fsp3) is 0.579. The van der Waals surface area contributed by atoms with Gasteiger partial charge in [0.1, 0.15) is 0 Å². The number of nitrogens with zero attached hydrogens (tertiary/aromatic N) is 1. The standard InChI is InChI=1S/C19H29N3O5S/c1-3-28(25,26)22-12-6-8-15(14-22)18(23)21-17-10-5-4-9-16(17)19(24)20-11-7-13-27-2/h4-5,9-10,15H,3,6-8,11-14H2,1-2H3,(H,20,24)(H,21,23). The van der Waals surface area contributed by atoms with E-state index in [1.165, 1.54) is 4.31 Å². The third-order valence-electron chi connectivity index (χ3n) is 4.75. The number of carbonyl (C=O) groups is 2. The maximum absolute atomic E-state index is 12.7. The minimum atomic E-state index is -3.32. The van der Waals surface area contributed by atoms with Gasteiger partial charge in [-0.2, -0.15) is 0 Å².